The third-order valence-electron chi connectivity index (χ3n) is 2.48. The maximum absolute atomic E-state index is 11.3. The Balaban J connectivity index is 2.84. The first-order valence-electron chi connectivity index (χ1n) is 4.25. The quantitative estimate of drug-likeness (QED) is 0.503. The highest BCUT2D eigenvalue weighted by Gasteiger charge is 2.41. The molecule has 0 heterocycles. The van der Waals surface area contributed by atoms with Crippen LogP contribution in [0, 0.1) is 5.92 Å². The zero-order valence-electron chi connectivity index (χ0n) is 7.76. The fraction of sp³-hybridized carbons (Fsp3) is 0.857. The van der Waals surface area contributed by atoms with Crippen LogP contribution in [0.2, 0.25) is 0 Å². The van der Waals surface area contributed by atoms with Crippen LogP contribution >= 0.6 is 0 Å². The lowest BCUT2D eigenvalue weighted by Crippen LogP contribution is -2.38. The molecule has 0 bridgehead atoms. The highest BCUT2D eigenvalue weighted by molar-refractivity contribution is 7.90. The SMILES string of the molecule is COC(=O)C1CCCC1S(=O)(=O)NO. The predicted molar refractivity (Wildman–Crippen MR) is 47.0 cm³/mol. The van der Waals surface area contributed by atoms with Gasteiger partial charge in [0.05, 0.1) is 18.3 Å². The second-order valence-corrected chi connectivity index (χ2v) is 5.11. The number of hydrogen-bond acceptors (Lipinski definition) is 5. The second kappa shape index (κ2) is 4.24. The number of nitrogens with one attached hydrogen (secondary N) is 1. The highest BCUT2D eigenvalue weighted by atomic mass is 32.2. The average molecular weight is 223 g/mol. The van der Waals surface area contributed by atoms with Crippen LogP contribution in [0.3, 0.4) is 0 Å². The van der Waals surface area contributed by atoms with Gasteiger partial charge in [-0.25, -0.2) is 8.42 Å². The third kappa shape index (κ3) is 2.05. The first kappa shape index (κ1) is 11.4. The number of ether oxygens (including phenoxy) is 1. The molecule has 0 aliphatic heterocycles. The Morgan fingerprint density at radius 1 is 1.50 bits per heavy atom. The molecule has 0 saturated heterocycles. The number of carbonyl (C=O) groups excluding carboxylic acids is 1. The molecule has 1 saturated carbocycles. The van der Waals surface area contributed by atoms with E-state index < -0.39 is 27.2 Å². The van der Waals surface area contributed by atoms with Gasteiger partial charge >= 0.3 is 5.97 Å². The lowest BCUT2D eigenvalue weighted by molar-refractivity contribution is -0.145. The molecular formula is C7H13NO5S. The molecule has 2 atom stereocenters. The van der Waals surface area contributed by atoms with Gasteiger partial charge in [0.1, 0.15) is 0 Å². The lowest BCUT2D eigenvalue weighted by atomic mass is 10.1. The summed E-state index contributed by atoms with van der Waals surface area (Å²) in [5.74, 6) is -1.20. The monoisotopic (exact) mass is 223 g/mol. The third-order valence-corrected chi connectivity index (χ3v) is 4.10. The number of methoxy groups -OCH3 is 1. The van der Waals surface area contributed by atoms with Gasteiger partial charge in [-0.2, -0.15) is 0 Å². The van der Waals surface area contributed by atoms with Crippen molar-refractivity contribution in [3.63, 3.8) is 0 Å². The van der Waals surface area contributed by atoms with Crippen LogP contribution in [0.1, 0.15) is 19.3 Å². The normalized spacial score (nSPS) is 27.6. The van der Waals surface area contributed by atoms with Gasteiger partial charge in [0.25, 0.3) is 0 Å². The Morgan fingerprint density at radius 2 is 2.14 bits per heavy atom. The van der Waals surface area contributed by atoms with Gasteiger partial charge in [-0.1, -0.05) is 11.3 Å². The molecule has 0 amide bonds. The Labute approximate surface area is 82.3 Å². The zero-order chi connectivity index (χ0) is 10.8. The van der Waals surface area contributed by atoms with Crippen molar-refractivity contribution < 1.29 is 23.2 Å². The van der Waals surface area contributed by atoms with E-state index in [1.807, 2.05) is 0 Å². The largest absolute Gasteiger partial charge is 0.469 e. The van der Waals surface area contributed by atoms with Gasteiger partial charge < -0.3 is 9.94 Å². The van der Waals surface area contributed by atoms with Crippen LogP contribution < -0.4 is 4.89 Å². The second-order valence-electron chi connectivity index (χ2n) is 3.24. The van der Waals surface area contributed by atoms with Crippen molar-refractivity contribution in [2.75, 3.05) is 7.11 Å². The smallest absolute Gasteiger partial charge is 0.310 e. The fourth-order valence-corrected chi connectivity index (χ4v) is 3.08. The summed E-state index contributed by atoms with van der Waals surface area (Å²) in [7, 11) is -2.58. The van der Waals surface area contributed by atoms with Crippen LogP contribution in [0.4, 0.5) is 0 Å². The molecular weight excluding hydrogens is 210 g/mol. The van der Waals surface area contributed by atoms with Crippen LogP contribution in [-0.4, -0.2) is 32.0 Å². The lowest BCUT2D eigenvalue weighted by Gasteiger charge is -2.16. The molecule has 1 fully saturated rings. The van der Waals surface area contributed by atoms with Crippen molar-refractivity contribution in [2.45, 2.75) is 24.5 Å². The molecule has 0 spiro atoms. The molecule has 1 aliphatic rings. The Hall–Kier alpha value is -0.660. The first-order chi connectivity index (χ1) is 6.53. The molecule has 7 heteroatoms. The van der Waals surface area contributed by atoms with Gasteiger partial charge in [0, 0.05) is 0 Å². The minimum atomic E-state index is -3.80. The standard InChI is InChI=1S/C7H13NO5S/c1-13-7(9)5-3-2-4-6(5)14(11,12)8-10/h5-6,8,10H,2-4H2,1H3. The van der Waals surface area contributed by atoms with E-state index in [4.69, 9.17) is 5.21 Å². The fourth-order valence-electron chi connectivity index (χ4n) is 1.79. The Kier molecular flexibility index (Phi) is 3.46. The molecule has 14 heavy (non-hydrogen) atoms. The summed E-state index contributed by atoms with van der Waals surface area (Å²) in [6, 6.07) is 0. The van der Waals surface area contributed by atoms with Crippen molar-refractivity contribution >= 4 is 16.0 Å². The van der Waals surface area contributed by atoms with Crippen LogP contribution in [0.15, 0.2) is 0 Å². The summed E-state index contributed by atoms with van der Waals surface area (Å²) in [5, 5.41) is 7.56. The highest BCUT2D eigenvalue weighted by Crippen LogP contribution is 2.31. The molecule has 0 radical (unpaired) electrons. The summed E-state index contributed by atoms with van der Waals surface area (Å²) < 4.78 is 27.0. The molecule has 1 rings (SSSR count). The number of esters is 1. The van der Waals surface area contributed by atoms with E-state index in [0.717, 1.165) is 0 Å². The molecule has 0 aromatic carbocycles. The predicted octanol–water partition coefficient (Wildman–Crippen LogP) is -0.363. The Morgan fingerprint density at radius 3 is 2.64 bits per heavy atom. The molecule has 1 aliphatic carbocycles. The van der Waals surface area contributed by atoms with E-state index in [0.29, 0.717) is 19.3 Å². The average Bonchev–Trinajstić information content (AvgIpc) is 2.65. The van der Waals surface area contributed by atoms with Crippen LogP contribution in [-0.2, 0) is 19.6 Å². The van der Waals surface area contributed by atoms with E-state index in [-0.39, 0.29) is 0 Å². The number of rotatable bonds is 3. The van der Waals surface area contributed by atoms with Crippen LogP contribution in [0.5, 0.6) is 0 Å². The van der Waals surface area contributed by atoms with E-state index >= 15 is 0 Å². The van der Waals surface area contributed by atoms with E-state index in [2.05, 4.69) is 4.74 Å². The molecule has 2 unspecified atom stereocenters. The molecule has 6 nitrogen and oxygen atoms in total. The summed E-state index contributed by atoms with van der Waals surface area (Å²) in [6.07, 6.45) is 1.50. The van der Waals surface area contributed by atoms with Crippen molar-refractivity contribution in [3.05, 3.63) is 0 Å². The van der Waals surface area contributed by atoms with Gasteiger partial charge in [0.2, 0.25) is 10.0 Å². The van der Waals surface area contributed by atoms with Gasteiger partial charge in [-0.15, -0.1) is 0 Å². The number of sulfonamides is 1. The molecule has 0 aromatic rings. The minimum Gasteiger partial charge on any atom is -0.469 e. The van der Waals surface area contributed by atoms with Crippen molar-refractivity contribution in [3.8, 4) is 0 Å². The minimum absolute atomic E-state index is 0.371. The van der Waals surface area contributed by atoms with Gasteiger partial charge in [-0.05, 0) is 12.8 Å². The summed E-state index contributed by atoms with van der Waals surface area (Å²) >= 11 is 0. The number of carbonyl (C=O) groups is 1. The molecule has 0 aromatic heterocycles. The maximum Gasteiger partial charge on any atom is 0.310 e. The maximum atomic E-state index is 11.3. The van der Waals surface area contributed by atoms with Crippen molar-refractivity contribution in [2.24, 2.45) is 5.92 Å². The zero-order valence-corrected chi connectivity index (χ0v) is 8.58. The molecule has 82 valence electrons. The molecule has 2 N–H and O–H groups in total. The van der Waals surface area contributed by atoms with E-state index in [1.54, 1.807) is 0 Å². The number of hydrogen-bond donors (Lipinski definition) is 2. The topological polar surface area (TPSA) is 92.7 Å². The van der Waals surface area contributed by atoms with E-state index in [9.17, 15) is 13.2 Å². The summed E-state index contributed by atoms with van der Waals surface area (Å²) in [5.41, 5.74) is 0. The van der Waals surface area contributed by atoms with Crippen molar-refractivity contribution in [1.29, 1.82) is 0 Å². The van der Waals surface area contributed by atoms with Crippen LogP contribution in [0.25, 0.3) is 0 Å². The van der Waals surface area contributed by atoms with E-state index in [1.165, 1.54) is 12.0 Å². The summed E-state index contributed by atoms with van der Waals surface area (Å²) in [4.78, 5) is 12.4. The van der Waals surface area contributed by atoms with Gasteiger partial charge in [-0.3, -0.25) is 4.79 Å². The first-order valence-corrected chi connectivity index (χ1v) is 5.80. The van der Waals surface area contributed by atoms with Crippen molar-refractivity contribution in [1.82, 2.24) is 4.89 Å². The summed E-state index contributed by atoms with van der Waals surface area (Å²) in [6.45, 7) is 0. The Bertz CT molecular complexity index is 312. The van der Waals surface area contributed by atoms with Gasteiger partial charge in [0.15, 0.2) is 0 Å².